The lowest BCUT2D eigenvalue weighted by Gasteiger charge is -2.24. The Morgan fingerprint density at radius 1 is 1.17 bits per heavy atom. The first-order valence-electron chi connectivity index (χ1n) is 7.79. The third kappa shape index (κ3) is 4.44. The van der Waals surface area contributed by atoms with Crippen LogP contribution in [0.1, 0.15) is 39.3 Å². The van der Waals surface area contributed by atoms with Gasteiger partial charge in [-0.2, -0.15) is 0 Å². The Balaban J connectivity index is 2.34. The number of hydrogen-bond acceptors (Lipinski definition) is 4. The standard InChI is InChI=1S/C18H22N2O4/c1-12(20(22)23)16(19-17(21)24-18(2,3)4)15-10-9-13-7-5-6-8-14(13)11-15/h5-12,16H,1-4H3,(H,19,21)/t12-,16+/m1/s1. The lowest BCUT2D eigenvalue weighted by Crippen LogP contribution is -2.41. The van der Waals surface area contributed by atoms with E-state index in [1.54, 1.807) is 26.8 Å². The molecule has 0 saturated carbocycles. The van der Waals surface area contributed by atoms with Crippen LogP contribution in [-0.4, -0.2) is 22.7 Å². The number of amides is 1. The van der Waals surface area contributed by atoms with Crippen molar-refractivity contribution in [2.45, 2.75) is 45.4 Å². The van der Waals surface area contributed by atoms with Gasteiger partial charge >= 0.3 is 6.09 Å². The molecule has 0 aliphatic carbocycles. The Morgan fingerprint density at radius 2 is 1.79 bits per heavy atom. The zero-order valence-electron chi connectivity index (χ0n) is 14.3. The van der Waals surface area contributed by atoms with Crippen LogP contribution < -0.4 is 5.32 Å². The van der Waals surface area contributed by atoms with Gasteiger partial charge in [-0.1, -0.05) is 36.4 Å². The van der Waals surface area contributed by atoms with Gasteiger partial charge in [0.2, 0.25) is 6.04 Å². The van der Waals surface area contributed by atoms with Gasteiger partial charge in [-0.15, -0.1) is 0 Å². The van der Waals surface area contributed by atoms with Gasteiger partial charge in [0.25, 0.3) is 0 Å². The molecule has 0 heterocycles. The summed E-state index contributed by atoms with van der Waals surface area (Å²) in [7, 11) is 0. The summed E-state index contributed by atoms with van der Waals surface area (Å²) >= 11 is 0. The van der Waals surface area contributed by atoms with E-state index in [4.69, 9.17) is 4.74 Å². The molecular formula is C18H22N2O4. The molecule has 0 fully saturated rings. The average Bonchev–Trinajstić information content (AvgIpc) is 2.49. The number of nitro groups is 1. The van der Waals surface area contributed by atoms with Crippen molar-refractivity contribution >= 4 is 16.9 Å². The first kappa shape index (κ1) is 17.7. The summed E-state index contributed by atoms with van der Waals surface area (Å²) in [5.74, 6) is 0. The molecule has 0 unspecified atom stereocenters. The van der Waals surface area contributed by atoms with E-state index in [0.717, 1.165) is 10.8 Å². The second-order valence-electron chi connectivity index (χ2n) is 6.76. The maximum Gasteiger partial charge on any atom is 0.408 e. The zero-order valence-corrected chi connectivity index (χ0v) is 14.3. The van der Waals surface area contributed by atoms with Crippen LogP contribution in [0.2, 0.25) is 0 Å². The van der Waals surface area contributed by atoms with Gasteiger partial charge < -0.3 is 10.1 Å². The molecule has 0 aliphatic heterocycles. The quantitative estimate of drug-likeness (QED) is 0.677. The smallest absolute Gasteiger partial charge is 0.408 e. The number of benzene rings is 2. The van der Waals surface area contributed by atoms with Crippen LogP contribution in [0.4, 0.5) is 4.79 Å². The first-order valence-corrected chi connectivity index (χ1v) is 7.79. The predicted molar refractivity (Wildman–Crippen MR) is 92.5 cm³/mol. The minimum Gasteiger partial charge on any atom is -0.444 e. The highest BCUT2D eigenvalue weighted by atomic mass is 16.6. The molecule has 0 spiro atoms. The molecule has 24 heavy (non-hydrogen) atoms. The van der Waals surface area contributed by atoms with Crippen molar-refractivity contribution in [3.8, 4) is 0 Å². The Morgan fingerprint density at radius 3 is 2.38 bits per heavy atom. The average molecular weight is 330 g/mol. The molecule has 0 radical (unpaired) electrons. The third-order valence-electron chi connectivity index (χ3n) is 3.62. The SMILES string of the molecule is C[C@H]([C@H](NC(=O)OC(C)(C)C)c1ccc2ccccc2c1)[N+](=O)[O-]. The fraction of sp³-hybridized carbons (Fsp3) is 0.389. The van der Waals surface area contributed by atoms with Gasteiger partial charge in [-0.3, -0.25) is 10.1 Å². The highest BCUT2D eigenvalue weighted by Crippen LogP contribution is 2.24. The Bertz CT molecular complexity index is 752. The molecule has 0 bridgehead atoms. The van der Waals surface area contributed by atoms with Crippen LogP contribution in [0.25, 0.3) is 10.8 Å². The minimum atomic E-state index is -0.987. The van der Waals surface area contributed by atoms with E-state index in [0.29, 0.717) is 5.56 Å². The Kier molecular flexibility index (Phi) is 5.07. The maximum atomic E-state index is 12.1. The van der Waals surface area contributed by atoms with E-state index in [-0.39, 0.29) is 0 Å². The number of rotatable bonds is 4. The van der Waals surface area contributed by atoms with Gasteiger partial charge in [0.1, 0.15) is 11.6 Å². The Labute approximate surface area is 141 Å². The molecule has 0 saturated heterocycles. The van der Waals surface area contributed by atoms with Gasteiger partial charge in [0, 0.05) is 11.8 Å². The van der Waals surface area contributed by atoms with Crippen molar-refractivity contribution in [2.75, 3.05) is 0 Å². The highest BCUT2D eigenvalue weighted by Gasteiger charge is 2.31. The van der Waals surface area contributed by atoms with Crippen LogP contribution in [0.3, 0.4) is 0 Å². The second-order valence-corrected chi connectivity index (χ2v) is 6.76. The molecule has 2 aromatic rings. The third-order valence-corrected chi connectivity index (χ3v) is 3.62. The van der Waals surface area contributed by atoms with E-state index in [1.165, 1.54) is 6.92 Å². The van der Waals surface area contributed by atoms with Crippen molar-refractivity contribution in [2.24, 2.45) is 0 Å². The number of nitrogens with zero attached hydrogens (tertiary/aromatic N) is 1. The number of ether oxygens (including phenoxy) is 1. The summed E-state index contributed by atoms with van der Waals surface area (Å²) in [6, 6.07) is 11.5. The number of carbonyl (C=O) groups excluding carboxylic acids is 1. The van der Waals surface area contributed by atoms with E-state index in [1.807, 2.05) is 36.4 Å². The molecule has 0 aromatic heterocycles. The van der Waals surface area contributed by atoms with Gasteiger partial charge in [-0.05, 0) is 43.2 Å². The molecule has 1 N–H and O–H groups in total. The highest BCUT2D eigenvalue weighted by molar-refractivity contribution is 5.83. The molecule has 2 aromatic carbocycles. The normalized spacial score (nSPS) is 14.0. The number of fused-ring (bicyclic) bond motifs is 1. The summed E-state index contributed by atoms with van der Waals surface area (Å²) in [6.45, 7) is 6.70. The van der Waals surface area contributed by atoms with Crippen LogP contribution in [0, 0.1) is 10.1 Å². The molecule has 2 atom stereocenters. The fourth-order valence-electron chi connectivity index (χ4n) is 2.44. The lowest BCUT2D eigenvalue weighted by molar-refractivity contribution is -0.523. The summed E-state index contributed by atoms with van der Waals surface area (Å²) in [5.41, 5.74) is -0.000614. The summed E-state index contributed by atoms with van der Waals surface area (Å²) in [6.07, 6.45) is -0.672. The fourth-order valence-corrected chi connectivity index (χ4v) is 2.44. The topological polar surface area (TPSA) is 81.5 Å². The monoisotopic (exact) mass is 330 g/mol. The largest absolute Gasteiger partial charge is 0.444 e. The maximum absolute atomic E-state index is 12.1. The summed E-state index contributed by atoms with van der Waals surface area (Å²) in [5, 5.41) is 15.9. The van der Waals surface area contributed by atoms with Gasteiger partial charge in [0.15, 0.2) is 0 Å². The van der Waals surface area contributed by atoms with Crippen LogP contribution in [0.5, 0.6) is 0 Å². The van der Waals surface area contributed by atoms with E-state index in [9.17, 15) is 14.9 Å². The molecule has 6 nitrogen and oxygen atoms in total. The van der Waals surface area contributed by atoms with E-state index < -0.39 is 28.7 Å². The van der Waals surface area contributed by atoms with Crippen molar-refractivity contribution in [1.82, 2.24) is 5.32 Å². The number of nitrogens with one attached hydrogen (secondary N) is 1. The lowest BCUT2D eigenvalue weighted by atomic mass is 9.98. The predicted octanol–water partition coefficient (Wildman–Crippen LogP) is 4.07. The zero-order chi connectivity index (χ0) is 17.9. The minimum absolute atomic E-state index is 0.406. The van der Waals surface area contributed by atoms with Crippen molar-refractivity contribution in [3.63, 3.8) is 0 Å². The molecule has 6 heteroatoms. The first-order chi connectivity index (χ1) is 11.2. The Hall–Kier alpha value is -2.63. The van der Waals surface area contributed by atoms with Gasteiger partial charge in [0.05, 0.1) is 0 Å². The molecule has 2 rings (SSSR count). The van der Waals surface area contributed by atoms with E-state index >= 15 is 0 Å². The number of alkyl carbamates (subject to hydrolysis) is 1. The number of carbonyl (C=O) groups is 1. The molecule has 1 amide bonds. The second kappa shape index (κ2) is 6.86. The molecular weight excluding hydrogens is 308 g/mol. The van der Waals surface area contributed by atoms with Crippen molar-refractivity contribution in [1.29, 1.82) is 0 Å². The molecule has 0 aliphatic rings. The van der Waals surface area contributed by atoms with Crippen LogP contribution in [0.15, 0.2) is 42.5 Å². The molecule has 128 valence electrons. The number of hydrogen-bond donors (Lipinski definition) is 1. The van der Waals surface area contributed by atoms with Gasteiger partial charge in [-0.25, -0.2) is 4.79 Å². The summed E-state index contributed by atoms with van der Waals surface area (Å²) in [4.78, 5) is 22.9. The van der Waals surface area contributed by atoms with Crippen LogP contribution >= 0.6 is 0 Å². The van der Waals surface area contributed by atoms with Crippen LogP contribution in [-0.2, 0) is 4.74 Å². The van der Waals surface area contributed by atoms with E-state index in [2.05, 4.69) is 5.32 Å². The van der Waals surface area contributed by atoms with Crippen molar-refractivity contribution < 1.29 is 14.5 Å². The van der Waals surface area contributed by atoms with Crippen molar-refractivity contribution in [3.05, 3.63) is 58.1 Å². The summed E-state index contributed by atoms with van der Waals surface area (Å²) < 4.78 is 5.23.